The number of para-hydroxylation sites is 2. The average molecular weight is 383 g/mol. The minimum absolute atomic E-state index is 0.00357. The molecule has 0 fully saturated rings. The second-order valence-electron chi connectivity index (χ2n) is 6.05. The molecule has 0 bridgehead atoms. The molecular formula is C19H18N4OS2. The predicted octanol–water partition coefficient (Wildman–Crippen LogP) is 4.43. The third-order valence-corrected chi connectivity index (χ3v) is 6.43. The Labute approximate surface area is 158 Å². The normalized spacial score (nSPS) is 11.5. The molecule has 0 radical (unpaired) electrons. The van der Waals surface area contributed by atoms with Crippen LogP contribution in [0.1, 0.15) is 16.3 Å². The van der Waals surface area contributed by atoms with Gasteiger partial charge in [0.05, 0.1) is 22.2 Å². The number of aromatic amines is 1. The fourth-order valence-corrected chi connectivity index (χ4v) is 4.87. The van der Waals surface area contributed by atoms with Crippen LogP contribution in [0.2, 0.25) is 0 Å². The number of aromatic nitrogens is 4. The number of hydrogen-bond donors (Lipinski definition) is 1. The summed E-state index contributed by atoms with van der Waals surface area (Å²) in [5.74, 6) is 1.49. The molecule has 0 saturated carbocycles. The van der Waals surface area contributed by atoms with E-state index in [2.05, 4.69) is 16.5 Å². The van der Waals surface area contributed by atoms with E-state index in [1.165, 1.54) is 11.8 Å². The van der Waals surface area contributed by atoms with E-state index in [0.717, 1.165) is 37.5 Å². The van der Waals surface area contributed by atoms with Crippen LogP contribution in [-0.2, 0) is 12.3 Å². The number of H-pyrrole nitrogens is 1. The summed E-state index contributed by atoms with van der Waals surface area (Å²) in [6, 6.07) is 7.94. The van der Waals surface area contributed by atoms with E-state index in [1.54, 1.807) is 22.0 Å². The molecule has 4 rings (SSSR count). The lowest BCUT2D eigenvalue weighted by Gasteiger charge is -2.09. The summed E-state index contributed by atoms with van der Waals surface area (Å²) in [6.07, 6.45) is 1.73. The first-order valence-electron chi connectivity index (χ1n) is 8.26. The molecule has 0 unspecified atom stereocenters. The molecule has 26 heavy (non-hydrogen) atoms. The minimum Gasteiger partial charge on any atom is -0.341 e. The largest absolute Gasteiger partial charge is 0.341 e. The molecule has 3 heterocycles. The summed E-state index contributed by atoms with van der Waals surface area (Å²) < 4.78 is 1.70. The molecule has 132 valence electrons. The van der Waals surface area contributed by atoms with Gasteiger partial charge in [0, 0.05) is 11.4 Å². The van der Waals surface area contributed by atoms with Crippen molar-refractivity contribution in [1.29, 1.82) is 0 Å². The lowest BCUT2D eigenvalue weighted by Crippen LogP contribution is -2.22. The Hall–Kier alpha value is -2.38. The third-order valence-electron chi connectivity index (χ3n) is 4.34. The monoisotopic (exact) mass is 382 g/mol. The molecule has 0 amide bonds. The lowest BCUT2D eigenvalue weighted by atomic mass is 10.2. The molecule has 7 heteroatoms. The van der Waals surface area contributed by atoms with Crippen molar-refractivity contribution >= 4 is 44.3 Å². The number of fused-ring (bicyclic) bond motifs is 2. The zero-order valence-electron chi connectivity index (χ0n) is 14.6. The number of imidazole rings is 1. The molecule has 0 spiro atoms. The fourth-order valence-electron chi connectivity index (χ4n) is 2.92. The number of rotatable bonds is 5. The van der Waals surface area contributed by atoms with Crippen molar-refractivity contribution in [2.24, 2.45) is 0 Å². The van der Waals surface area contributed by atoms with E-state index >= 15 is 0 Å². The van der Waals surface area contributed by atoms with E-state index in [-0.39, 0.29) is 5.56 Å². The maximum absolute atomic E-state index is 13.0. The predicted molar refractivity (Wildman–Crippen MR) is 109 cm³/mol. The summed E-state index contributed by atoms with van der Waals surface area (Å²) in [5, 5.41) is 1.42. The van der Waals surface area contributed by atoms with Crippen LogP contribution >= 0.6 is 23.1 Å². The fraction of sp³-hybridized carbons (Fsp3) is 0.211. The number of allylic oxidation sites excluding steroid dienone is 1. The van der Waals surface area contributed by atoms with Gasteiger partial charge in [-0.05, 0) is 31.5 Å². The third kappa shape index (κ3) is 2.87. The van der Waals surface area contributed by atoms with Gasteiger partial charge in [-0.1, -0.05) is 30.0 Å². The summed E-state index contributed by atoms with van der Waals surface area (Å²) in [7, 11) is 0. The Kier molecular flexibility index (Phi) is 4.42. The van der Waals surface area contributed by atoms with Crippen molar-refractivity contribution in [3.63, 3.8) is 0 Å². The highest BCUT2D eigenvalue weighted by Crippen LogP contribution is 2.29. The molecule has 1 N–H and O–H groups in total. The Balaban J connectivity index is 1.73. The van der Waals surface area contributed by atoms with E-state index < -0.39 is 0 Å². The smallest absolute Gasteiger partial charge is 0.263 e. The van der Waals surface area contributed by atoms with Crippen molar-refractivity contribution < 1.29 is 0 Å². The lowest BCUT2D eigenvalue weighted by molar-refractivity contribution is 0.672. The van der Waals surface area contributed by atoms with Gasteiger partial charge in [-0.3, -0.25) is 9.36 Å². The molecule has 5 nitrogen and oxygen atoms in total. The molecular weight excluding hydrogens is 364 g/mol. The van der Waals surface area contributed by atoms with Crippen LogP contribution in [0.15, 0.2) is 46.9 Å². The Morgan fingerprint density at radius 2 is 2.12 bits per heavy atom. The number of thioether (sulfide) groups is 1. The van der Waals surface area contributed by atoms with Crippen LogP contribution in [0.4, 0.5) is 0 Å². The van der Waals surface area contributed by atoms with Crippen LogP contribution in [0.3, 0.4) is 0 Å². The molecule has 3 aromatic heterocycles. The Morgan fingerprint density at radius 3 is 2.88 bits per heavy atom. The maximum Gasteiger partial charge on any atom is 0.263 e. The second kappa shape index (κ2) is 6.74. The number of nitrogens with one attached hydrogen (secondary N) is 1. The molecule has 0 aliphatic carbocycles. The van der Waals surface area contributed by atoms with Crippen LogP contribution in [0.25, 0.3) is 21.3 Å². The van der Waals surface area contributed by atoms with Gasteiger partial charge in [0.15, 0.2) is 5.16 Å². The number of hydrogen-bond acceptors (Lipinski definition) is 5. The van der Waals surface area contributed by atoms with Gasteiger partial charge in [0.25, 0.3) is 5.56 Å². The molecule has 0 aliphatic heterocycles. The van der Waals surface area contributed by atoms with Gasteiger partial charge in [-0.2, -0.15) is 0 Å². The van der Waals surface area contributed by atoms with Gasteiger partial charge in [0.2, 0.25) is 0 Å². The first-order valence-corrected chi connectivity index (χ1v) is 10.1. The van der Waals surface area contributed by atoms with E-state index in [4.69, 9.17) is 4.98 Å². The zero-order chi connectivity index (χ0) is 18.3. The first kappa shape index (κ1) is 17.1. The molecule has 0 aliphatic rings. The Morgan fingerprint density at radius 1 is 1.31 bits per heavy atom. The highest BCUT2D eigenvalue weighted by molar-refractivity contribution is 7.98. The minimum atomic E-state index is 0.00357. The highest BCUT2D eigenvalue weighted by atomic mass is 32.2. The topological polar surface area (TPSA) is 63.6 Å². The quantitative estimate of drug-likeness (QED) is 0.315. The second-order valence-corrected chi connectivity index (χ2v) is 8.20. The van der Waals surface area contributed by atoms with Crippen LogP contribution < -0.4 is 5.56 Å². The summed E-state index contributed by atoms with van der Waals surface area (Å²) >= 11 is 3.09. The number of benzene rings is 1. The highest BCUT2D eigenvalue weighted by Gasteiger charge is 2.16. The van der Waals surface area contributed by atoms with Gasteiger partial charge in [-0.15, -0.1) is 17.9 Å². The van der Waals surface area contributed by atoms with Crippen molar-refractivity contribution in [3.8, 4) is 0 Å². The van der Waals surface area contributed by atoms with E-state index in [1.807, 2.05) is 38.1 Å². The van der Waals surface area contributed by atoms with Gasteiger partial charge < -0.3 is 4.98 Å². The van der Waals surface area contributed by atoms with Crippen molar-refractivity contribution in [2.45, 2.75) is 31.3 Å². The van der Waals surface area contributed by atoms with Crippen LogP contribution in [0.5, 0.6) is 0 Å². The summed E-state index contributed by atoms with van der Waals surface area (Å²) in [5.41, 5.74) is 2.98. The van der Waals surface area contributed by atoms with Gasteiger partial charge in [0.1, 0.15) is 10.7 Å². The molecule has 4 aromatic rings. The SMILES string of the molecule is C=CCn1c(SCc2nc3ccccc3[nH]2)nc2sc(C)c(C)c2c1=O. The standard InChI is InChI=1S/C19H18N4OS2/c1-4-9-23-18(24)16-11(2)12(3)26-17(16)22-19(23)25-10-15-20-13-7-5-6-8-14(13)21-15/h4-8H,1,9-10H2,2-3H3,(H,20,21). The average Bonchev–Trinajstić information content (AvgIpc) is 3.17. The molecule has 0 atom stereocenters. The number of aryl methyl sites for hydroxylation is 2. The summed E-state index contributed by atoms with van der Waals surface area (Å²) in [6.45, 7) is 8.23. The van der Waals surface area contributed by atoms with Gasteiger partial charge in [-0.25, -0.2) is 9.97 Å². The maximum atomic E-state index is 13.0. The van der Waals surface area contributed by atoms with Crippen LogP contribution in [0, 0.1) is 13.8 Å². The summed E-state index contributed by atoms with van der Waals surface area (Å²) in [4.78, 5) is 27.6. The zero-order valence-corrected chi connectivity index (χ0v) is 16.2. The van der Waals surface area contributed by atoms with Crippen LogP contribution in [-0.4, -0.2) is 19.5 Å². The molecule has 0 saturated heterocycles. The number of nitrogens with zero attached hydrogens (tertiary/aromatic N) is 3. The van der Waals surface area contributed by atoms with Crippen molar-refractivity contribution in [1.82, 2.24) is 19.5 Å². The number of thiophene rings is 1. The molecule has 1 aromatic carbocycles. The van der Waals surface area contributed by atoms with Crippen molar-refractivity contribution in [3.05, 3.63) is 63.5 Å². The van der Waals surface area contributed by atoms with Gasteiger partial charge >= 0.3 is 0 Å². The van der Waals surface area contributed by atoms with E-state index in [9.17, 15) is 4.79 Å². The first-order chi connectivity index (χ1) is 12.6. The van der Waals surface area contributed by atoms with Crippen molar-refractivity contribution in [2.75, 3.05) is 0 Å². The van der Waals surface area contributed by atoms with E-state index in [0.29, 0.717) is 17.5 Å². The Bertz CT molecular complexity index is 1150.